The molecule has 8 aromatic carbocycles. The normalized spacial score (nSPS) is 9.81. The Bertz CT molecular complexity index is 6650. The van der Waals surface area contributed by atoms with Gasteiger partial charge in [-0.05, 0) is 180 Å². The monoisotopic (exact) mass is 2540 g/mol. The molecule has 4 radical (unpaired) electrons. The molecule has 0 aliphatic carbocycles. The molecule has 20 aromatic rings. The molecular weight excluding hydrogens is 2460 g/mol. The van der Waals surface area contributed by atoms with Gasteiger partial charge >= 0.3 is 23.9 Å². The second-order valence-corrected chi connectivity index (χ2v) is 28.3. The molecule has 0 fully saturated rings. The summed E-state index contributed by atoms with van der Waals surface area (Å²) in [4.78, 5) is 93.4. The van der Waals surface area contributed by atoms with Crippen LogP contribution in [0.2, 0.25) is 0 Å². The average molecular weight is 2540 g/mol. The van der Waals surface area contributed by atoms with Crippen molar-refractivity contribution < 1.29 is 135 Å². The Morgan fingerprint density at radius 3 is 0.590 bits per heavy atom. The number of aromatic nitrogens is 12. The number of para-hydroxylation sites is 3. The summed E-state index contributed by atoms with van der Waals surface area (Å²) in [5, 5.41) is 63.8. The number of carbonyl (C=O) groups is 4. The van der Waals surface area contributed by atoms with Crippen LogP contribution in [-0.2, 0) is 80.4 Å². The maximum absolute atomic E-state index is 10.7. The van der Waals surface area contributed by atoms with Crippen molar-refractivity contribution in [2.45, 2.75) is 0 Å². The van der Waals surface area contributed by atoms with E-state index in [-0.39, 0.29) is 120 Å². The number of hydrogen-bond donors (Lipinski definition) is 7. The van der Waals surface area contributed by atoms with Crippen molar-refractivity contribution in [3.63, 3.8) is 0 Å². The maximum atomic E-state index is 10.7. The van der Waals surface area contributed by atoms with E-state index in [1.165, 1.54) is 36.4 Å². The van der Waals surface area contributed by atoms with E-state index in [1.807, 2.05) is 297 Å². The number of phenolic OH excluding ortho intramolecular Hbond substituents is 3. The van der Waals surface area contributed by atoms with Crippen LogP contribution in [0.3, 0.4) is 0 Å². The molecule has 0 bridgehead atoms. The van der Waals surface area contributed by atoms with Gasteiger partial charge in [0.1, 0.15) is 40.0 Å². The van der Waals surface area contributed by atoms with E-state index in [1.54, 1.807) is 104 Å². The van der Waals surface area contributed by atoms with E-state index in [4.69, 9.17) is 20.4 Å². The van der Waals surface area contributed by atoms with Crippen LogP contribution in [0.25, 0.3) is 136 Å². The van der Waals surface area contributed by atoms with E-state index in [2.05, 4.69) is 90.1 Å². The van der Waals surface area contributed by atoms with Crippen LogP contribution in [0.15, 0.2) is 437 Å². The number of nitrogens with zero attached hydrogens (tertiary/aromatic N) is 12. The summed E-state index contributed by atoms with van der Waals surface area (Å²) in [5.74, 6) is -4.06. The Morgan fingerprint density at radius 1 is 0.173 bits per heavy atom. The first-order valence-electron chi connectivity index (χ1n) is 41.6. The van der Waals surface area contributed by atoms with Crippen LogP contribution in [0, 0.1) is 30.3 Å². The number of carboxylic acid groups (broad SMARTS) is 4. The van der Waals surface area contributed by atoms with Gasteiger partial charge in [0.25, 0.3) is 0 Å². The number of rotatable bonds is 16. The van der Waals surface area contributed by atoms with Gasteiger partial charge in [0.15, 0.2) is 0 Å². The predicted octanol–water partition coefficient (Wildman–Crippen LogP) is 23.1. The van der Waals surface area contributed by atoms with Gasteiger partial charge in [0.2, 0.25) is 0 Å². The van der Waals surface area contributed by atoms with Gasteiger partial charge in [-0.1, -0.05) is 140 Å². The van der Waals surface area contributed by atoms with Gasteiger partial charge in [-0.25, -0.2) is 44.1 Å². The number of aromatic hydroxyl groups is 3. The van der Waals surface area contributed by atoms with Gasteiger partial charge in [0.05, 0.1) is 62.6 Å². The summed E-state index contributed by atoms with van der Waals surface area (Å²) in [5.41, 5.74) is 19.2. The summed E-state index contributed by atoms with van der Waals surface area (Å²) in [6, 6.07) is 142. The summed E-state index contributed by atoms with van der Waals surface area (Å²) in [7, 11) is 0. The maximum Gasteiger partial charge on any atom is 0.354 e. The first-order valence-corrected chi connectivity index (χ1v) is 41.6. The molecule has 0 saturated heterocycles. The van der Waals surface area contributed by atoms with E-state index < -0.39 is 23.9 Å². The minimum atomic E-state index is -1.24. The van der Waals surface area contributed by atoms with Crippen LogP contribution in [-0.4, -0.2) is 119 Å². The number of carboxylic acids is 4. The molecule has 694 valence electrons. The summed E-state index contributed by atoms with van der Waals surface area (Å²) in [6.45, 7) is 0. The summed E-state index contributed by atoms with van der Waals surface area (Å²) < 4.78 is 0. The molecular formula is C112H79Ir4N12O11-5. The third-order valence-corrected chi connectivity index (χ3v) is 19.0. The third kappa shape index (κ3) is 32.1. The fourth-order valence-corrected chi connectivity index (χ4v) is 12.6. The molecule has 0 aliphatic rings. The largest absolute Gasteiger partial charge is 0.507 e. The smallest absolute Gasteiger partial charge is 0.354 e. The van der Waals surface area contributed by atoms with Gasteiger partial charge < -0.3 is 45.7 Å². The molecule has 12 aromatic heterocycles. The first kappa shape index (κ1) is 106. The van der Waals surface area contributed by atoms with Crippen LogP contribution in [0.1, 0.15) is 42.0 Å². The number of phenols is 3. The number of hydrogen-bond acceptors (Lipinski definition) is 19. The van der Waals surface area contributed by atoms with Crippen molar-refractivity contribution in [1.82, 2.24) is 59.8 Å². The van der Waals surface area contributed by atoms with Crippen molar-refractivity contribution in [3.05, 3.63) is 490 Å². The summed E-state index contributed by atoms with van der Waals surface area (Å²) >= 11 is 0. The molecule has 23 nitrogen and oxygen atoms in total. The van der Waals surface area contributed by atoms with Gasteiger partial charge in [0, 0.05) is 122 Å². The van der Waals surface area contributed by atoms with Crippen LogP contribution < -0.4 is 0 Å². The molecule has 0 saturated carbocycles. The minimum absolute atomic E-state index is 0. The second-order valence-electron chi connectivity index (χ2n) is 28.3. The molecule has 20 rings (SSSR count). The molecule has 0 aliphatic heterocycles. The first-order chi connectivity index (χ1) is 66.0. The molecule has 12 heterocycles. The van der Waals surface area contributed by atoms with Gasteiger partial charge in [-0.15, -0.1) is 179 Å². The fraction of sp³-hybridized carbons (Fsp3) is 0. The van der Waals surface area contributed by atoms with E-state index in [0.717, 1.165) is 113 Å². The van der Waals surface area contributed by atoms with Crippen molar-refractivity contribution >= 4 is 23.9 Å². The van der Waals surface area contributed by atoms with Crippen LogP contribution in [0.5, 0.6) is 17.2 Å². The van der Waals surface area contributed by atoms with E-state index in [9.17, 15) is 34.5 Å². The Balaban J connectivity index is 0.000000178. The molecule has 0 unspecified atom stereocenters. The Hall–Kier alpha value is -16.6. The number of aromatic carboxylic acids is 4. The van der Waals surface area contributed by atoms with E-state index in [0.29, 0.717) is 22.6 Å². The SMILES string of the molecule is O=C(O)c1cccc(-c2ccccc2O)n1.O=C(O)c1cccc(-c2ccccn2)n1.O=C(O)c1cccc(C(=O)O)n1.Oc1ccccc1-c1cccc(-c2ccccn2)n1.Oc1ccccc1-c1cccc(-c2ccccn2)n1.[Ir].[Ir].[Ir].[Ir].[c-]1ccccc1-c1cccc(-c2[c-]cccc2)n1.[c-]1ccccc1-c1cccc(-c2[c-]cccc2)n1.[c-]1ccccc1-c1cccc(-c2ccccn2)n1. The van der Waals surface area contributed by atoms with Crippen molar-refractivity contribution in [1.29, 1.82) is 0 Å². The second kappa shape index (κ2) is 55.9. The Labute approximate surface area is 855 Å². The number of pyridine rings is 12. The predicted molar refractivity (Wildman–Crippen MR) is 517 cm³/mol. The topological polar surface area (TPSA) is 365 Å². The standard InChI is InChI=1S/2C17H11N.2C16H12N2O.C16H11N2.C12H9NO3.C11H8N2O2.C7H5NO4.4Ir/c2*1-3-8-14(9-4-1)16-12-7-13-17(18-16)15-10-5-2-6-11-15;2*19-16-10-2-1-6-12(16)13-8-5-9-15(18-13)14-7-3-4-11-17-14;1-2-7-13(8-3-1)14-10-6-11-16(18-14)15-9-4-5-12-17-15;14-11-7-2-1-4-8(11)9-5-3-6-10(13-9)12(15)16;14-11(15)10-6-3-5-9(13-10)8-4-1-2-7-12-8;9-6(10)4-2-1-3-5(8-4)7(11)12;;;;/h2*1-8,10,12-13H;2*1-11,19H;1-7,9-12H;1-7,14H,(H,15,16);1-7H,(H,14,15);1-3H,(H,9,10)(H,11,12);;;;/q2*-2;;;-1;;;;;;;. The van der Waals surface area contributed by atoms with Crippen molar-refractivity contribution in [3.8, 4) is 153 Å². The van der Waals surface area contributed by atoms with Crippen molar-refractivity contribution in [2.75, 3.05) is 0 Å². The quantitative estimate of drug-likeness (QED) is 0.0442. The minimum Gasteiger partial charge on any atom is -0.507 e. The molecule has 139 heavy (non-hydrogen) atoms. The number of benzene rings is 8. The summed E-state index contributed by atoms with van der Waals surface area (Å²) in [6.07, 6.45) is 6.90. The van der Waals surface area contributed by atoms with Crippen molar-refractivity contribution in [2.24, 2.45) is 0 Å². The zero-order valence-electron chi connectivity index (χ0n) is 73.0. The third-order valence-electron chi connectivity index (χ3n) is 19.0. The van der Waals surface area contributed by atoms with Gasteiger partial charge in [-0.3, -0.25) is 24.9 Å². The average Bonchev–Trinajstić information content (AvgIpc) is 0.834. The van der Waals surface area contributed by atoms with Crippen LogP contribution in [0.4, 0.5) is 0 Å². The molecule has 7 N–H and O–H groups in total. The van der Waals surface area contributed by atoms with Gasteiger partial charge in [-0.2, -0.15) is 0 Å². The van der Waals surface area contributed by atoms with E-state index >= 15 is 0 Å². The molecule has 0 amide bonds. The zero-order valence-corrected chi connectivity index (χ0v) is 82.6. The zero-order chi connectivity index (χ0) is 94.1. The Kier molecular flexibility index (Phi) is 42.7. The van der Waals surface area contributed by atoms with Crippen LogP contribution >= 0.6 is 0 Å². The molecule has 0 spiro atoms. The molecule has 27 heteroatoms. The Morgan fingerprint density at radius 2 is 0.353 bits per heavy atom. The fourth-order valence-electron chi connectivity index (χ4n) is 12.6. The molecule has 0 atom stereocenters.